The van der Waals surface area contributed by atoms with Gasteiger partial charge in [-0.25, -0.2) is 14.8 Å². The summed E-state index contributed by atoms with van der Waals surface area (Å²) in [7, 11) is 1.25. The summed E-state index contributed by atoms with van der Waals surface area (Å²) in [5, 5.41) is 0. The van der Waals surface area contributed by atoms with Gasteiger partial charge in [-0.3, -0.25) is 4.90 Å². The second-order valence-corrected chi connectivity index (χ2v) is 4.63. The van der Waals surface area contributed by atoms with Crippen LogP contribution in [-0.2, 0) is 4.74 Å². The first-order chi connectivity index (χ1) is 9.89. The van der Waals surface area contributed by atoms with E-state index in [-0.39, 0.29) is 5.69 Å². The van der Waals surface area contributed by atoms with Gasteiger partial charge in [-0.05, 0) is 0 Å². The molecule has 1 aliphatic heterocycles. The summed E-state index contributed by atoms with van der Waals surface area (Å²) >= 11 is 0. The predicted molar refractivity (Wildman–Crippen MR) is 68.1 cm³/mol. The van der Waals surface area contributed by atoms with E-state index in [1.165, 1.54) is 24.4 Å². The molecule has 0 spiro atoms. The standard InChI is InChI=1S/C12H15F3N4O2/c1-21-11(20)9-6-17-10(7-16-9)19-4-2-18(3-5-19)8-12(13,14)15/h6-7H,2-5,8H2,1H3. The number of ether oxygens (including phenoxy) is 1. The fourth-order valence-electron chi connectivity index (χ4n) is 2.08. The summed E-state index contributed by atoms with van der Waals surface area (Å²) in [5.41, 5.74) is 0.0944. The highest BCUT2D eigenvalue weighted by Gasteiger charge is 2.32. The van der Waals surface area contributed by atoms with Gasteiger partial charge in [-0.15, -0.1) is 0 Å². The fraction of sp³-hybridized carbons (Fsp3) is 0.583. The third-order valence-electron chi connectivity index (χ3n) is 3.13. The fourth-order valence-corrected chi connectivity index (χ4v) is 2.08. The molecule has 0 aromatic carbocycles. The van der Waals surface area contributed by atoms with Crippen molar-refractivity contribution in [3.05, 3.63) is 18.1 Å². The van der Waals surface area contributed by atoms with Crippen molar-refractivity contribution >= 4 is 11.8 Å². The lowest BCUT2D eigenvalue weighted by molar-refractivity contribution is -0.146. The number of carbonyl (C=O) groups excluding carboxylic acids is 1. The van der Waals surface area contributed by atoms with Crippen molar-refractivity contribution in [1.82, 2.24) is 14.9 Å². The van der Waals surface area contributed by atoms with E-state index in [1.54, 1.807) is 0 Å². The predicted octanol–water partition coefficient (Wildman–Crippen LogP) is 0.947. The molecule has 0 amide bonds. The maximum absolute atomic E-state index is 12.3. The van der Waals surface area contributed by atoms with Crippen molar-refractivity contribution in [2.24, 2.45) is 0 Å². The quantitative estimate of drug-likeness (QED) is 0.775. The average molecular weight is 304 g/mol. The van der Waals surface area contributed by atoms with Crippen LogP contribution in [-0.4, -0.2) is 66.8 Å². The number of esters is 1. The zero-order chi connectivity index (χ0) is 15.5. The zero-order valence-corrected chi connectivity index (χ0v) is 11.4. The number of anilines is 1. The molecule has 1 aromatic heterocycles. The van der Waals surface area contributed by atoms with Crippen LogP contribution < -0.4 is 4.90 Å². The molecule has 1 fully saturated rings. The number of hydrogen-bond donors (Lipinski definition) is 0. The lowest BCUT2D eigenvalue weighted by Gasteiger charge is -2.35. The molecule has 2 rings (SSSR count). The summed E-state index contributed by atoms with van der Waals surface area (Å²) < 4.78 is 41.4. The van der Waals surface area contributed by atoms with Gasteiger partial charge in [-0.1, -0.05) is 0 Å². The maximum atomic E-state index is 12.3. The van der Waals surface area contributed by atoms with Gasteiger partial charge < -0.3 is 9.64 Å². The first kappa shape index (κ1) is 15.5. The summed E-state index contributed by atoms with van der Waals surface area (Å²) in [6.45, 7) is 0.582. The van der Waals surface area contributed by atoms with Crippen molar-refractivity contribution in [2.45, 2.75) is 6.18 Å². The molecular formula is C12H15F3N4O2. The van der Waals surface area contributed by atoms with Gasteiger partial charge in [0, 0.05) is 26.2 Å². The Morgan fingerprint density at radius 1 is 1.24 bits per heavy atom. The number of piperazine rings is 1. The molecule has 0 radical (unpaired) electrons. The molecule has 0 N–H and O–H groups in total. The van der Waals surface area contributed by atoms with Crippen LogP contribution >= 0.6 is 0 Å². The Kier molecular flexibility index (Phi) is 4.61. The van der Waals surface area contributed by atoms with Gasteiger partial charge in [0.25, 0.3) is 0 Å². The minimum Gasteiger partial charge on any atom is -0.464 e. The van der Waals surface area contributed by atoms with E-state index in [2.05, 4.69) is 14.7 Å². The lowest BCUT2D eigenvalue weighted by atomic mass is 10.3. The number of rotatable bonds is 3. The second kappa shape index (κ2) is 6.25. The van der Waals surface area contributed by atoms with Crippen LogP contribution in [0.15, 0.2) is 12.4 Å². The molecule has 6 nitrogen and oxygen atoms in total. The Morgan fingerprint density at radius 3 is 2.38 bits per heavy atom. The zero-order valence-electron chi connectivity index (χ0n) is 11.4. The largest absolute Gasteiger partial charge is 0.464 e. The first-order valence-electron chi connectivity index (χ1n) is 6.33. The van der Waals surface area contributed by atoms with Crippen molar-refractivity contribution in [3.8, 4) is 0 Å². The summed E-state index contributed by atoms with van der Waals surface area (Å²) in [6, 6.07) is 0. The molecule has 0 unspecified atom stereocenters. The number of alkyl halides is 3. The van der Waals surface area contributed by atoms with Gasteiger partial charge in [0.05, 0.1) is 26.0 Å². The highest BCUT2D eigenvalue weighted by molar-refractivity contribution is 5.86. The molecule has 9 heteroatoms. The molecule has 21 heavy (non-hydrogen) atoms. The van der Waals surface area contributed by atoms with Gasteiger partial charge in [0.15, 0.2) is 5.69 Å². The molecule has 1 aromatic rings. The number of carbonyl (C=O) groups is 1. The Balaban J connectivity index is 1.92. The van der Waals surface area contributed by atoms with Crippen LogP contribution in [0.3, 0.4) is 0 Å². The van der Waals surface area contributed by atoms with Crippen LogP contribution in [0.2, 0.25) is 0 Å². The van der Waals surface area contributed by atoms with Gasteiger partial charge in [0.2, 0.25) is 0 Å². The Morgan fingerprint density at radius 2 is 1.90 bits per heavy atom. The van der Waals surface area contributed by atoms with Crippen LogP contribution in [0.4, 0.5) is 19.0 Å². The molecule has 0 bridgehead atoms. The smallest absolute Gasteiger partial charge is 0.401 e. The number of halogens is 3. The summed E-state index contributed by atoms with van der Waals surface area (Å²) in [4.78, 5) is 22.4. The third kappa shape index (κ3) is 4.28. The van der Waals surface area contributed by atoms with E-state index >= 15 is 0 Å². The minimum atomic E-state index is -4.18. The van der Waals surface area contributed by atoms with Crippen molar-refractivity contribution in [2.75, 3.05) is 44.7 Å². The van der Waals surface area contributed by atoms with E-state index in [9.17, 15) is 18.0 Å². The SMILES string of the molecule is COC(=O)c1cnc(N2CCN(CC(F)(F)F)CC2)cn1. The Labute approximate surface area is 119 Å². The molecule has 1 aliphatic rings. The van der Waals surface area contributed by atoms with E-state index in [1.807, 2.05) is 4.90 Å². The topological polar surface area (TPSA) is 58.6 Å². The molecule has 116 valence electrons. The summed E-state index contributed by atoms with van der Waals surface area (Å²) in [6.07, 6.45) is -1.46. The van der Waals surface area contributed by atoms with Crippen LogP contribution in [0.5, 0.6) is 0 Å². The van der Waals surface area contributed by atoms with E-state index in [0.29, 0.717) is 32.0 Å². The van der Waals surface area contributed by atoms with Crippen molar-refractivity contribution < 1.29 is 22.7 Å². The van der Waals surface area contributed by atoms with Crippen LogP contribution in [0, 0.1) is 0 Å². The van der Waals surface area contributed by atoms with Gasteiger partial charge >= 0.3 is 12.1 Å². The molecule has 0 saturated carbocycles. The monoisotopic (exact) mass is 304 g/mol. The molecule has 1 saturated heterocycles. The lowest BCUT2D eigenvalue weighted by Crippen LogP contribution is -2.49. The van der Waals surface area contributed by atoms with Crippen LogP contribution in [0.1, 0.15) is 10.5 Å². The van der Waals surface area contributed by atoms with Gasteiger partial charge in [0.1, 0.15) is 5.82 Å². The van der Waals surface area contributed by atoms with Crippen molar-refractivity contribution in [1.29, 1.82) is 0 Å². The number of aromatic nitrogens is 2. The number of methoxy groups -OCH3 is 1. The summed E-state index contributed by atoms with van der Waals surface area (Å²) in [5.74, 6) is -0.0432. The van der Waals surface area contributed by atoms with Crippen LogP contribution in [0.25, 0.3) is 0 Å². The van der Waals surface area contributed by atoms with E-state index in [0.717, 1.165) is 0 Å². The highest BCUT2D eigenvalue weighted by Crippen LogP contribution is 2.19. The number of nitrogens with zero attached hydrogens (tertiary/aromatic N) is 4. The average Bonchev–Trinajstić information content (AvgIpc) is 2.46. The van der Waals surface area contributed by atoms with Crippen molar-refractivity contribution in [3.63, 3.8) is 0 Å². The molecular weight excluding hydrogens is 289 g/mol. The molecule has 2 heterocycles. The number of hydrogen-bond acceptors (Lipinski definition) is 6. The van der Waals surface area contributed by atoms with E-state index in [4.69, 9.17) is 0 Å². The Hall–Kier alpha value is -1.90. The first-order valence-corrected chi connectivity index (χ1v) is 6.33. The second-order valence-electron chi connectivity index (χ2n) is 4.63. The Bertz CT molecular complexity index is 484. The van der Waals surface area contributed by atoms with Gasteiger partial charge in [-0.2, -0.15) is 13.2 Å². The molecule has 0 aliphatic carbocycles. The maximum Gasteiger partial charge on any atom is 0.401 e. The molecule has 0 atom stereocenters. The minimum absolute atomic E-state index is 0.0944. The highest BCUT2D eigenvalue weighted by atomic mass is 19.4. The third-order valence-corrected chi connectivity index (χ3v) is 3.13. The normalized spacial score (nSPS) is 16.9. The van der Waals surface area contributed by atoms with E-state index < -0.39 is 18.7 Å².